The van der Waals surface area contributed by atoms with Gasteiger partial charge in [-0.15, -0.1) is 11.3 Å². The predicted molar refractivity (Wildman–Crippen MR) is 102 cm³/mol. The highest BCUT2D eigenvalue weighted by atomic mass is 32.1. The lowest BCUT2D eigenvalue weighted by atomic mass is 10.2. The number of carbonyl (C=O) groups is 2. The van der Waals surface area contributed by atoms with Crippen LogP contribution >= 0.6 is 11.3 Å². The third kappa shape index (κ3) is 6.93. The predicted octanol–water partition coefficient (Wildman–Crippen LogP) is 3.94. The Morgan fingerprint density at radius 3 is 2.80 bits per heavy atom. The molecule has 2 rings (SSSR count). The van der Waals surface area contributed by atoms with E-state index in [-0.39, 0.29) is 18.4 Å². The molecule has 0 unspecified atom stereocenters. The van der Waals surface area contributed by atoms with Gasteiger partial charge in [0.15, 0.2) is 5.13 Å². The first kappa shape index (κ1) is 18.9. The molecule has 1 heterocycles. The molecule has 0 aliphatic carbocycles. The van der Waals surface area contributed by atoms with Crippen molar-refractivity contribution < 1.29 is 9.59 Å². The van der Waals surface area contributed by atoms with Crippen LogP contribution in [-0.4, -0.2) is 23.5 Å². The first-order chi connectivity index (χ1) is 12.1. The van der Waals surface area contributed by atoms with Crippen LogP contribution in [0.3, 0.4) is 0 Å². The SMILES string of the molecule is CCCCCNC(=O)Cc1csc(NC(=O)Nc2cccc(C)c2)n1. The zero-order chi connectivity index (χ0) is 18.1. The maximum Gasteiger partial charge on any atom is 0.325 e. The number of aromatic nitrogens is 1. The van der Waals surface area contributed by atoms with Gasteiger partial charge in [-0.2, -0.15) is 0 Å². The molecule has 0 spiro atoms. The summed E-state index contributed by atoms with van der Waals surface area (Å²) in [5.41, 5.74) is 2.45. The summed E-state index contributed by atoms with van der Waals surface area (Å²) in [4.78, 5) is 28.1. The molecule has 134 valence electrons. The molecule has 3 amide bonds. The smallest absolute Gasteiger partial charge is 0.325 e. The van der Waals surface area contributed by atoms with E-state index in [9.17, 15) is 9.59 Å². The van der Waals surface area contributed by atoms with E-state index < -0.39 is 0 Å². The number of hydrogen-bond donors (Lipinski definition) is 3. The topological polar surface area (TPSA) is 83.1 Å². The Kier molecular flexibility index (Phi) is 7.40. The number of unbranched alkanes of at least 4 members (excludes halogenated alkanes) is 2. The van der Waals surface area contributed by atoms with Gasteiger partial charge in [-0.3, -0.25) is 10.1 Å². The van der Waals surface area contributed by atoms with Crippen LogP contribution in [0.15, 0.2) is 29.6 Å². The number of rotatable bonds is 8. The summed E-state index contributed by atoms with van der Waals surface area (Å²) in [6.45, 7) is 4.78. The van der Waals surface area contributed by atoms with Gasteiger partial charge < -0.3 is 10.6 Å². The van der Waals surface area contributed by atoms with Gasteiger partial charge in [0.25, 0.3) is 0 Å². The molecule has 1 aromatic heterocycles. The first-order valence-electron chi connectivity index (χ1n) is 8.42. The van der Waals surface area contributed by atoms with Crippen molar-refractivity contribution in [1.82, 2.24) is 10.3 Å². The Morgan fingerprint density at radius 1 is 1.20 bits per heavy atom. The number of anilines is 2. The van der Waals surface area contributed by atoms with Crippen molar-refractivity contribution in [3.8, 4) is 0 Å². The van der Waals surface area contributed by atoms with E-state index in [0.29, 0.717) is 17.4 Å². The molecule has 2 aromatic rings. The van der Waals surface area contributed by atoms with Crippen LogP contribution in [0, 0.1) is 6.92 Å². The van der Waals surface area contributed by atoms with Gasteiger partial charge in [0.2, 0.25) is 5.91 Å². The average Bonchev–Trinajstić information content (AvgIpc) is 2.98. The third-order valence-electron chi connectivity index (χ3n) is 3.49. The quantitative estimate of drug-likeness (QED) is 0.623. The second-order valence-electron chi connectivity index (χ2n) is 5.83. The van der Waals surface area contributed by atoms with Gasteiger partial charge in [0.05, 0.1) is 12.1 Å². The molecule has 0 bridgehead atoms. The lowest BCUT2D eigenvalue weighted by molar-refractivity contribution is -0.120. The average molecular weight is 360 g/mol. The van der Waals surface area contributed by atoms with E-state index in [4.69, 9.17) is 0 Å². The lowest BCUT2D eigenvalue weighted by Gasteiger charge is -2.06. The Balaban J connectivity index is 1.78. The van der Waals surface area contributed by atoms with Crippen molar-refractivity contribution in [2.75, 3.05) is 17.2 Å². The number of urea groups is 1. The number of thiazole rings is 1. The number of nitrogens with one attached hydrogen (secondary N) is 3. The molecule has 0 saturated heterocycles. The van der Waals surface area contributed by atoms with E-state index in [0.717, 1.165) is 30.5 Å². The Bertz CT molecular complexity index is 715. The Labute approximate surface area is 152 Å². The largest absolute Gasteiger partial charge is 0.356 e. The molecular formula is C18H24N4O2S. The molecule has 25 heavy (non-hydrogen) atoms. The van der Waals surface area contributed by atoms with Gasteiger partial charge in [0, 0.05) is 17.6 Å². The Morgan fingerprint density at radius 2 is 2.04 bits per heavy atom. The van der Waals surface area contributed by atoms with Crippen LogP contribution < -0.4 is 16.0 Å². The summed E-state index contributed by atoms with van der Waals surface area (Å²) in [7, 11) is 0. The number of hydrogen-bond acceptors (Lipinski definition) is 4. The number of aryl methyl sites for hydroxylation is 1. The summed E-state index contributed by atoms with van der Waals surface area (Å²) in [6.07, 6.45) is 3.46. The first-order valence-corrected chi connectivity index (χ1v) is 9.30. The van der Waals surface area contributed by atoms with E-state index in [1.807, 2.05) is 31.2 Å². The van der Waals surface area contributed by atoms with E-state index in [1.54, 1.807) is 5.38 Å². The molecule has 0 saturated carbocycles. The van der Waals surface area contributed by atoms with E-state index >= 15 is 0 Å². The number of amides is 3. The van der Waals surface area contributed by atoms with Crippen LogP contribution in [0.25, 0.3) is 0 Å². The van der Waals surface area contributed by atoms with Crippen molar-refractivity contribution in [3.63, 3.8) is 0 Å². The fourth-order valence-electron chi connectivity index (χ4n) is 2.26. The highest BCUT2D eigenvalue weighted by molar-refractivity contribution is 7.13. The normalized spacial score (nSPS) is 10.3. The van der Waals surface area contributed by atoms with Crippen LogP contribution in [-0.2, 0) is 11.2 Å². The minimum absolute atomic E-state index is 0.0443. The second kappa shape index (κ2) is 9.78. The molecule has 6 nitrogen and oxygen atoms in total. The highest BCUT2D eigenvalue weighted by Gasteiger charge is 2.10. The van der Waals surface area contributed by atoms with Crippen molar-refractivity contribution in [2.24, 2.45) is 0 Å². The molecular weight excluding hydrogens is 336 g/mol. The summed E-state index contributed by atoms with van der Waals surface area (Å²) in [6, 6.07) is 7.20. The van der Waals surface area contributed by atoms with Crippen LogP contribution in [0.5, 0.6) is 0 Å². The number of nitrogens with zero attached hydrogens (tertiary/aromatic N) is 1. The fourth-order valence-corrected chi connectivity index (χ4v) is 2.96. The second-order valence-corrected chi connectivity index (χ2v) is 6.68. The van der Waals surface area contributed by atoms with Crippen molar-refractivity contribution >= 4 is 34.1 Å². The maximum atomic E-state index is 12.0. The summed E-state index contributed by atoms with van der Waals surface area (Å²) in [5, 5.41) is 10.6. The minimum atomic E-state index is -0.351. The van der Waals surface area contributed by atoms with Crippen molar-refractivity contribution in [2.45, 2.75) is 39.5 Å². The number of benzene rings is 1. The van der Waals surface area contributed by atoms with E-state index in [1.165, 1.54) is 11.3 Å². The molecule has 3 N–H and O–H groups in total. The van der Waals surface area contributed by atoms with Crippen molar-refractivity contribution in [1.29, 1.82) is 0 Å². The monoisotopic (exact) mass is 360 g/mol. The minimum Gasteiger partial charge on any atom is -0.356 e. The fraction of sp³-hybridized carbons (Fsp3) is 0.389. The zero-order valence-electron chi connectivity index (χ0n) is 14.6. The summed E-state index contributed by atoms with van der Waals surface area (Å²) >= 11 is 1.30. The molecule has 1 aromatic carbocycles. The van der Waals surface area contributed by atoms with Gasteiger partial charge in [-0.25, -0.2) is 9.78 Å². The van der Waals surface area contributed by atoms with Crippen LogP contribution in [0.1, 0.15) is 37.4 Å². The molecule has 0 fully saturated rings. The van der Waals surface area contributed by atoms with Crippen LogP contribution in [0.4, 0.5) is 15.6 Å². The zero-order valence-corrected chi connectivity index (χ0v) is 15.4. The van der Waals surface area contributed by atoms with Gasteiger partial charge in [-0.1, -0.05) is 31.9 Å². The summed E-state index contributed by atoms with van der Waals surface area (Å²) in [5.74, 6) is -0.0443. The summed E-state index contributed by atoms with van der Waals surface area (Å²) < 4.78 is 0. The highest BCUT2D eigenvalue weighted by Crippen LogP contribution is 2.17. The van der Waals surface area contributed by atoms with Crippen molar-refractivity contribution in [3.05, 3.63) is 40.9 Å². The third-order valence-corrected chi connectivity index (χ3v) is 4.30. The van der Waals surface area contributed by atoms with Gasteiger partial charge in [-0.05, 0) is 31.0 Å². The van der Waals surface area contributed by atoms with Gasteiger partial charge >= 0.3 is 6.03 Å². The molecule has 7 heteroatoms. The maximum absolute atomic E-state index is 12.0. The lowest BCUT2D eigenvalue weighted by Crippen LogP contribution is -2.26. The molecule has 0 aliphatic rings. The van der Waals surface area contributed by atoms with E-state index in [2.05, 4.69) is 27.9 Å². The standard InChI is InChI=1S/C18H24N4O2S/c1-3-4-5-9-19-16(23)11-15-12-25-18(21-15)22-17(24)20-14-8-6-7-13(2)10-14/h6-8,10,12H,3-5,9,11H2,1-2H3,(H,19,23)(H2,20,21,22,24). The van der Waals surface area contributed by atoms with Gasteiger partial charge in [0.1, 0.15) is 0 Å². The van der Waals surface area contributed by atoms with Crippen LogP contribution in [0.2, 0.25) is 0 Å². The molecule has 0 aliphatic heterocycles. The molecule has 0 atom stereocenters. The Hall–Kier alpha value is -2.41. The number of carbonyl (C=O) groups excluding carboxylic acids is 2. The molecule has 0 radical (unpaired) electrons.